The predicted octanol–water partition coefficient (Wildman–Crippen LogP) is 13.0. The number of nitrogens with one attached hydrogen (secondary N) is 1. The van der Waals surface area contributed by atoms with Gasteiger partial charge in [0, 0.05) is 6.04 Å². The molecule has 0 amide bonds. The van der Waals surface area contributed by atoms with Crippen LogP contribution in [0.4, 0.5) is 0 Å². The highest BCUT2D eigenvalue weighted by atomic mass is 14.9. The van der Waals surface area contributed by atoms with Crippen LogP contribution in [0.3, 0.4) is 0 Å². The summed E-state index contributed by atoms with van der Waals surface area (Å²) in [4.78, 5) is 0. The molecule has 0 aliphatic carbocycles. The van der Waals surface area contributed by atoms with E-state index in [1.165, 1.54) is 154 Å². The van der Waals surface area contributed by atoms with Gasteiger partial charge in [0.05, 0.1) is 0 Å². The lowest BCUT2D eigenvalue weighted by Gasteiger charge is -2.16. The number of hydrogen-bond donors (Lipinski definition) is 1. The first-order valence-corrected chi connectivity index (χ1v) is 17.6. The molecule has 0 aliphatic rings. The van der Waals surface area contributed by atoms with Crippen molar-refractivity contribution in [3.8, 4) is 0 Å². The summed E-state index contributed by atoms with van der Waals surface area (Å²) in [5.41, 5.74) is 0. The van der Waals surface area contributed by atoms with Crippen LogP contribution >= 0.6 is 0 Å². The zero-order valence-electron chi connectivity index (χ0n) is 27.1. The molecule has 0 unspecified atom stereocenters. The quantitative estimate of drug-likeness (QED) is 0.0679. The lowest BCUT2D eigenvalue weighted by atomic mass is 10.00. The van der Waals surface area contributed by atoms with Gasteiger partial charge < -0.3 is 5.32 Å². The van der Waals surface area contributed by atoms with Crippen LogP contribution in [0.15, 0.2) is 48.6 Å². The second kappa shape index (κ2) is 34.9. The summed E-state index contributed by atoms with van der Waals surface area (Å²) >= 11 is 0. The smallest absolute Gasteiger partial charge is 0.00640 e. The molecule has 0 saturated carbocycles. The highest BCUT2D eigenvalue weighted by molar-refractivity contribution is 4.93. The standard InChI is InChI=1S/C38H71N/c1-4-6-8-10-12-14-16-18-20-22-24-26-28-30-32-34-36-38(39-3)37-35-33-31-29-27-25-23-21-19-17-15-13-11-9-7-5-2/h12-15,18-21,38-39H,4-11,16-17,22-37H2,1-3H3. The fraction of sp³-hybridized carbons (Fsp3) is 0.789. The first kappa shape index (κ1) is 37.9. The van der Waals surface area contributed by atoms with Crippen molar-refractivity contribution in [1.29, 1.82) is 0 Å². The molecule has 0 heterocycles. The van der Waals surface area contributed by atoms with Gasteiger partial charge in [0.2, 0.25) is 0 Å². The molecule has 1 nitrogen and oxygen atoms in total. The van der Waals surface area contributed by atoms with Gasteiger partial charge in [-0.15, -0.1) is 0 Å². The van der Waals surface area contributed by atoms with E-state index in [9.17, 15) is 0 Å². The van der Waals surface area contributed by atoms with E-state index < -0.39 is 0 Å². The second-order valence-electron chi connectivity index (χ2n) is 11.7. The second-order valence-corrected chi connectivity index (χ2v) is 11.7. The van der Waals surface area contributed by atoms with E-state index in [-0.39, 0.29) is 0 Å². The van der Waals surface area contributed by atoms with E-state index in [0.717, 1.165) is 18.9 Å². The molecule has 39 heavy (non-hydrogen) atoms. The Morgan fingerprint density at radius 2 is 0.692 bits per heavy atom. The van der Waals surface area contributed by atoms with Crippen LogP contribution in [0.1, 0.15) is 181 Å². The summed E-state index contributed by atoms with van der Waals surface area (Å²) < 4.78 is 0. The molecule has 0 bridgehead atoms. The highest BCUT2D eigenvalue weighted by Gasteiger charge is 2.05. The highest BCUT2D eigenvalue weighted by Crippen LogP contribution is 2.15. The average Bonchev–Trinajstić information content (AvgIpc) is 2.95. The molecule has 0 aromatic carbocycles. The number of rotatable bonds is 31. The van der Waals surface area contributed by atoms with Crippen LogP contribution in [0, 0.1) is 0 Å². The Morgan fingerprint density at radius 3 is 1.03 bits per heavy atom. The van der Waals surface area contributed by atoms with E-state index in [1.807, 2.05) is 0 Å². The summed E-state index contributed by atoms with van der Waals surface area (Å²) in [7, 11) is 2.16. The molecular formula is C38H71N. The Kier molecular flexibility index (Phi) is 34.0. The van der Waals surface area contributed by atoms with E-state index >= 15 is 0 Å². The molecule has 1 N–H and O–H groups in total. The van der Waals surface area contributed by atoms with Crippen molar-refractivity contribution in [2.45, 2.75) is 187 Å². The number of unbranched alkanes of at least 4 members (excludes halogenated alkanes) is 18. The monoisotopic (exact) mass is 542 g/mol. The van der Waals surface area contributed by atoms with Crippen molar-refractivity contribution in [1.82, 2.24) is 5.32 Å². The fourth-order valence-electron chi connectivity index (χ4n) is 5.19. The molecule has 0 atom stereocenters. The van der Waals surface area contributed by atoms with Gasteiger partial charge in [-0.25, -0.2) is 0 Å². The maximum Gasteiger partial charge on any atom is 0.00640 e. The van der Waals surface area contributed by atoms with Crippen LogP contribution in [-0.2, 0) is 0 Å². The predicted molar refractivity (Wildman–Crippen MR) is 181 cm³/mol. The molecule has 0 saturated heterocycles. The zero-order chi connectivity index (χ0) is 28.3. The Labute approximate surface area is 247 Å². The summed E-state index contributed by atoms with van der Waals surface area (Å²) in [6.07, 6.45) is 53.8. The molecule has 0 radical (unpaired) electrons. The largest absolute Gasteiger partial charge is 0.317 e. The topological polar surface area (TPSA) is 12.0 Å². The van der Waals surface area contributed by atoms with Crippen LogP contribution < -0.4 is 5.32 Å². The Morgan fingerprint density at radius 1 is 0.385 bits per heavy atom. The molecule has 0 spiro atoms. The van der Waals surface area contributed by atoms with Crippen LogP contribution in [-0.4, -0.2) is 13.1 Å². The van der Waals surface area contributed by atoms with Crippen molar-refractivity contribution in [2.75, 3.05) is 7.05 Å². The van der Waals surface area contributed by atoms with E-state index in [4.69, 9.17) is 0 Å². The van der Waals surface area contributed by atoms with Gasteiger partial charge >= 0.3 is 0 Å². The van der Waals surface area contributed by atoms with E-state index in [1.54, 1.807) is 0 Å². The van der Waals surface area contributed by atoms with E-state index in [0.29, 0.717) is 0 Å². The van der Waals surface area contributed by atoms with Gasteiger partial charge in [0.15, 0.2) is 0 Å². The third kappa shape index (κ3) is 33.0. The van der Waals surface area contributed by atoms with Crippen molar-refractivity contribution in [3.05, 3.63) is 48.6 Å². The van der Waals surface area contributed by atoms with Gasteiger partial charge in [-0.2, -0.15) is 0 Å². The van der Waals surface area contributed by atoms with Crippen molar-refractivity contribution < 1.29 is 0 Å². The van der Waals surface area contributed by atoms with Gasteiger partial charge in [0.25, 0.3) is 0 Å². The van der Waals surface area contributed by atoms with E-state index in [2.05, 4.69) is 74.8 Å². The molecule has 0 fully saturated rings. The summed E-state index contributed by atoms with van der Waals surface area (Å²) in [6, 6.07) is 0.738. The normalized spacial score (nSPS) is 13.2. The van der Waals surface area contributed by atoms with Crippen LogP contribution in [0.2, 0.25) is 0 Å². The zero-order valence-corrected chi connectivity index (χ0v) is 27.1. The molecule has 0 aromatic rings. The van der Waals surface area contributed by atoms with Crippen molar-refractivity contribution in [2.24, 2.45) is 0 Å². The number of hydrogen-bond acceptors (Lipinski definition) is 1. The molecule has 1 heteroatoms. The maximum absolute atomic E-state index is 3.58. The minimum absolute atomic E-state index is 0.738. The average molecular weight is 542 g/mol. The lowest BCUT2D eigenvalue weighted by Crippen LogP contribution is -2.24. The molecule has 0 rings (SSSR count). The Bertz CT molecular complexity index is 507. The molecule has 228 valence electrons. The first-order valence-electron chi connectivity index (χ1n) is 17.6. The first-order chi connectivity index (χ1) is 19.3. The fourth-order valence-corrected chi connectivity index (χ4v) is 5.19. The SMILES string of the molecule is CCCCCC=CCC=CCCCCCCCCC(CCCCCCCCC=CCC=CCCCCC)NC. The van der Waals surface area contributed by atoms with Crippen LogP contribution in [0.5, 0.6) is 0 Å². The summed E-state index contributed by atoms with van der Waals surface area (Å²) in [6.45, 7) is 4.54. The molecule has 0 aromatic heterocycles. The molecular weight excluding hydrogens is 470 g/mol. The van der Waals surface area contributed by atoms with Gasteiger partial charge in [0.1, 0.15) is 0 Å². The Balaban J connectivity index is 3.41. The third-order valence-electron chi connectivity index (χ3n) is 7.91. The minimum Gasteiger partial charge on any atom is -0.317 e. The van der Waals surface area contributed by atoms with Crippen molar-refractivity contribution in [3.63, 3.8) is 0 Å². The maximum atomic E-state index is 3.58. The lowest BCUT2D eigenvalue weighted by molar-refractivity contribution is 0.435. The molecule has 0 aliphatic heterocycles. The summed E-state index contributed by atoms with van der Waals surface area (Å²) in [5, 5.41) is 3.58. The minimum atomic E-state index is 0.738. The van der Waals surface area contributed by atoms with Gasteiger partial charge in [-0.3, -0.25) is 0 Å². The van der Waals surface area contributed by atoms with Gasteiger partial charge in [-0.05, 0) is 84.1 Å². The Hall–Kier alpha value is -1.08. The van der Waals surface area contributed by atoms with Crippen LogP contribution in [0.25, 0.3) is 0 Å². The number of allylic oxidation sites excluding steroid dienone is 8. The summed E-state index contributed by atoms with van der Waals surface area (Å²) in [5.74, 6) is 0. The van der Waals surface area contributed by atoms with Crippen molar-refractivity contribution >= 4 is 0 Å². The third-order valence-corrected chi connectivity index (χ3v) is 7.91. The van der Waals surface area contributed by atoms with Gasteiger partial charge in [-0.1, -0.05) is 152 Å².